The summed E-state index contributed by atoms with van der Waals surface area (Å²) in [6.07, 6.45) is 0. The molecule has 0 unspecified atom stereocenters. The van der Waals surface area contributed by atoms with E-state index in [1.807, 2.05) is 49.4 Å². The third kappa shape index (κ3) is 4.65. The van der Waals surface area contributed by atoms with Crippen molar-refractivity contribution in [3.8, 4) is 0 Å². The molecule has 0 bridgehead atoms. The van der Waals surface area contributed by atoms with Crippen LogP contribution in [0.1, 0.15) is 16.7 Å². The number of rotatable bonds is 3. The highest BCUT2D eigenvalue weighted by Gasteiger charge is 2.05. The van der Waals surface area contributed by atoms with Crippen molar-refractivity contribution in [2.24, 2.45) is 10.2 Å². The molecule has 2 aromatic carbocycles. The number of nitrogens with zero attached hydrogens (tertiary/aromatic N) is 2. The fourth-order valence-electron chi connectivity index (χ4n) is 1.68. The molecular weight excluding hydrogens is 439 g/mol. The number of aryl methyl sites for hydroxylation is 1. The Hall–Kier alpha value is -0.680. The molecular formula is C15H10Br2Cl2N2. The lowest BCUT2D eigenvalue weighted by atomic mass is 10.1. The second-order valence-corrected chi connectivity index (χ2v) is 6.80. The lowest BCUT2D eigenvalue weighted by Gasteiger charge is -2.02. The van der Waals surface area contributed by atoms with E-state index in [0.717, 1.165) is 25.6 Å². The van der Waals surface area contributed by atoms with E-state index in [2.05, 4.69) is 42.1 Å². The van der Waals surface area contributed by atoms with Gasteiger partial charge in [-0.3, -0.25) is 0 Å². The van der Waals surface area contributed by atoms with Crippen LogP contribution in [0.2, 0.25) is 0 Å². The minimum atomic E-state index is 0.267. The van der Waals surface area contributed by atoms with E-state index < -0.39 is 0 Å². The molecule has 0 aliphatic heterocycles. The molecule has 0 aliphatic rings. The lowest BCUT2D eigenvalue weighted by Crippen LogP contribution is -1.95. The van der Waals surface area contributed by atoms with Crippen LogP contribution in [0.3, 0.4) is 0 Å². The fourth-order valence-corrected chi connectivity index (χ4v) is 3.37. The summed E-state index contributed by atoms with van der Waals surface area (Å²) in [5.74, 6) is 0. The van der Waals surface area contributed by atoms with E-state index in [9.17, 15) is 0 Å². The van der Waals surface area contributed by atoms with Gasteiger partial charge in [0.15, 0.2) is 10.3 Å². The third-order valence-electron chi connectivity index (χ3n) is 2.69. The van der Waals surface area contributed by atoms with Crippen LogP contribution < -0.4 is 0 Å². The summed E-state index contributed by atoms with van der Waals surface area (Å²) in [7, 11) is 0. The first-order valence-electron chi connectivity index (χ1n) is 5.96. The number of halogens is 4. The summed E-state index contributed by atoms with van der Waals surface area (Å²) in [5, 5.41) is 8.56. The predicted octanol–water partition coefficient (Wildman–Crippen LogP) is 6.11. The van der Waals surface area contributed by atoms with E-state index in [4.69, 9.17) is 23.2 Å². The molecule has 0 aliphatic carbocycles. The molecule has 0 aromatic heterocycles. The summed E-state index contributed by atoms with van der Waals surface area (Å²) in [4.78, 5) is 0. The second-order valence-electron chi connectivity index (χ2n) is 4.25. The quantitative estimate of drug-likeness (QED) is 0.400. The molecule has 0 saturated heterocycles. The first kappa shape index (κ1) is 16.7. The van der Waals surface area contributed by atoms with Gasteiger partial charge in [-0.1, -0.05) is 79.3 Å². The average Bonchev–Trinajstić information content (AvgIpc) is 2.43. The molecule has 0 N–H and O–H groups in total. The van der Waals surface area contributed by atoms with Gasteiger partial charge in [-0.25, -0.2) is 0 Å². The molecule has 2 rings (SSSR count). The van der Waals surface area contributed by atoms with Crippen LogP contribution in [-0.2, 0) is 0 Å². The SMILES string of the molecule is Cc1ccccc1/C(Cl)=N/N=C(\Cl)c1cc(Br)cc(Br)c1. The summed E-state index contributed by atoms with van der Waals surface area (Å²) in [6, 6.07) is 13.3. The molecule has 0 heterocycles. The van der Waals surface area contributed by atoms with E-state index in [0.29, 0.717) is 5.17 Å². The standard InChI is InChI=1S/C15H10Br2Cl2N2/c1-9-4-2-3-5-13(9)15(19)21-20-14(18)10-6-11(16)8-12(17)7-10/h2-8H,1H3/b20-14-,21-15-. The van der Waals surface area contributed by atoms with Crippen molar-refractivity contribution >= 4 is 65.4 Å². The fraction of sp³-hybridized carbons (Fsp3) is 0.0667. The molecule has 2 nitrogen and oxygen atoms in total. The Balaban J connectivity index is 2.31. The normalized spacial score (nSPS) is 12.6. The third-order valence-corrected chi connectivity index (χ3v) is 4.18. The maximum Gasteiger partial charge on any atom is 0.159 e. The maximum atomic E-state index is 6.17. The zero-order valence-electron chi connectivity index (χ0n) is 10.9. The molecule has 6 heteroatoms. The molecule has 0 saturated carbocycles. The van der Waals surface area contributed by atoms with Crippen LogP contribution >= 0.6 is 55.1 Å². The molecule has 0 amide bonds. The molecule has 0 atom stereocenters. The highest BCUT2D eigenvalue weighted by Crippen LogP contribution is 2.21. The van der Waals surface area contributed by atoms with Gasteiger partial charge in [-0.05, 0) is 30.7 Å². The highest BCUT2D eigenvalue weighted by atomic mass is 79.9. The summed E-state index contributed by atoms with van der Waals surface area (Å²) >= 11 is 19.1. The second kappa shape index (κ2) is 7.54. The van der Waals surface area contributed by atoms with Gasteiger partial charge in [0.25, 0.3) is 0 Å². The Kier molecular flexibility index (Phi) is 5.99. The highest BCUT2D eigenvalue weighted by molar-refractivity contribution is 9.11. The van der Waals surface area contributed by atoms with Crippen molar-refractivity contribution in [2.45, 2.75) is 6.92 Å². The first-order chi connectivity index (χ1) is 9.97. The molecule has 0 radical (unpaired) electrons. The van der Waals surface area contributed by atoms with Crippen molar-refractivity contribution in [3.05, 3.63) is 68.1 Å². The summed E-state index contributed by atoms with van der Waals surface area (Å²) in [6.45, 7) is 1.96. The van der Waals surface area contributed by atoms with E-state index in [1.54, 1.807) is 0 Å². The number of hydrogen-bond donors (Lipinski definition) is 0. The van der Waals surface area contributed by atoms with E-state index in [-0.39, 0.29) is 5.17 Å². The van der Waals surface area contributed by atoms with E-state index in [1.165, 1.54) is 0 Å². The topological polar surface area (TPSA) is 24.7 Å². The minimum Gasteiger partial charge on any atom is -0.136 e. The van der Waals surface area contributed by atoms with Gasteiger partial charge in [-0.15, -0.1) is 10.2 Å². The Labute approximate surface area is 150 Å². The summed E-state index contributed by atoms with van der Waals surface area (Å²) in [5.41, 5.74) is 2.61. The monoisotopic (exact) mass is 446 g/mol. The van der Waals surface area contributed by atoms with Gasteiger partial charge >= 0.3 is 0 Å². The molecule has 0 spiro atoms. The van der Waals surface area contributed by atoms with Gasteiger partial charge in [0.05, 0.1) is 0 Å². The number of benzene rings is 2. The van der Waals surface area contributed by atoms with Gasteiger partial charge in [0.1, 0.15) is 0 Å². The molecule has 0 fully saturated rings. The Morgan fingerprint density at radius 3 is 2.10 bits per heavy atom. The first-order valence-corrected chi connectivity index (χ1v) is 8.30. The van der Waals surface area contributed by atoms with Crippen molar-refractivity contribution in [1.82, 2.24) is 0 Å². The maximum absolute atomic E-state index is 6.17. The van der Waals surface area contributed by atoms with Crippen LogP contribution in [0, 0.1) is 6.92 Å². The van der Waals surface area contributed by atoms with Crippen molar-refractivity contribution in [2.75, 3.05) is 0 Å². The average molecular weight is 449 g/mol. The Morgan fingerprint density at radius 2 is 1.48 bits per heavy atom. The number of hydrogen-bond acceptors (Lipinski definition) is 2. The molecule has 21 heavy (non-hydrogen) atoms. The van der Waals surface area contributed by atoms with Crippen molar-refractivity contribution in [1.29, 1.82) is 0 Å². The van der Waals surface area contributed by atoms with Crippen LogP contribution in [0.15, 0.2) is 61.6 Å². The predicted molar refractivity (Wildman–Crippen MR) is 97.8 cm³/mol. The van der Waals surface area contributed by atoms with Gasteiger partial charge < -0.3 is 0 Å². The smallest absolute Gasteiger partial charge is 0.136 e. The Morgan fingerprint density at radius 1 is 0.905 bits per heavy atom. The lowest BCUT2D eigenvalue weighted by molar-refractivity contribution is 1.25. The van der Waals surface area contributed by atoms with E-state index >= 15 is 0 Å². The van der Waals surface area contributed by atoms with Crippen molar-refractivity contribution < 1.29 is 0 Å². The summed E-state index contributed by atoms with van der Waals surface area (Å²) < 4.78 is 1.79. The van der Waals surface area contributed by atoms with Gasteiger partial charge in [0, 0.05) is 20.1 Å². The molecule has 2 aromatic rings. The largest absolute Gasteiger partial charge is 0.159 e. The van der Waals surface area contributed by atoms with Gasteiger partial charge in [0.2, 0.25) is 0 Å². The van der Waals surface area contributed by atoms with Crippen molar-refractivity contribution in [3.63, 3.8) is 0 Å². The van der Waals surface area contributed by atoms with Crippen LogP contribution in [-0.4, -0.2) is 10.3 Å². The van der Waals surface area contributed by atoms with Crippen LogP contribution in [0.25, 0.3) is 0 Å². The van der Waals surface area contributed by atoms with Crippen LogP contribution in [0.4, 0.5) is 0 Å². The molecule has 108 valence electrons. The zero-order chi connectivity index (χ0) is 15.4. The Bertz CT molecular complexity index is 707. The van der Waals surface area contributed by atoms with Gasteiger partial charge in [-0.2, -0.15) is 0 Å². The van der Waals surface area contributed by atoms with Crippen LogP contribution in [0.5, 0.6) is 0 Å². The zero-order valence-corrected chi connectivity index (χ0v) is 15.6. The minimum absolute atomic E-state index is 0.267.